The van der Waals surface area contributed by atoms with E-state index in [1.807, 2.05) is 27.7 Å². The summed E-state index contributed by atoms with van der Waals surface area (Å²) in [6, 6.07) is 0. The summed E-state index contributed by atoms with van der Waals surface area (Å²) in [5, 5.41) is 6.90. The van der Waals surface area contributed by atoms with Crippen molar-refractivity contribution in [3.05, 3.63) is 11.9 Å². The molecule has 24 heavy (non-hydrogen) atoms. The summed E-state index contributed by atoms with van der Waals surface area (Å²) < 4.78 is 1.64. The third kappa shape index (κ3) is 4.01. The van der Waals surface area contributed by atoms with Gasteiger partial charge in [0.15, 0.2) is 11.5 Å². The van der Waals surface area contributed by atoms with Crippen molar-refractivity contribution in [2.24, 2.45) is 0 Å². The normalized spacial score (nSPS) is 12.0. The van der Waals surface area contributed by atoms with E-state index in [9.17, 15) is 14.4 Å². The first-order chi connectivity index (χ1) is 11.0. The molecule has 2 amide bonds. The summed E-state index contributed by atoms with van der Waals surface area (Å²) >= 11 is 0. The van der Waals surface area contributed by atoms with Gasteiger partial charge >= 0.3 is 0 Å². The predicted molar refractivity (Wildman–Crippen MR) is 93.0 cm³/mol. The highest BCUT2D eigenvalue weighted by Crippen LogP contribution is 2.25. The summed E-state index contributed by atoms with van der Waals surface area (Å²) in [6.07, 6.45) is 2.85. The molecule has 7 nitrogen and oxygen atoms in total. The van der Waals surface area contributed by atoms with Crippen molar-refractivity contribution in [3.63, 3.8) is 0 Å². The van der Waals surface area contributed by atoms with Crippen LogP contribution in [0.2, 0.25) is 0 Å². The molecule has 1 aromatic rings. The minimum absolute atomic E-state index is 0.107. The molecule has 0 saturated carbocycles. The Labute approximate surface area is 143 Å². The van der Waals surface area contributed by atoms with Crippen LogP contribution in [0.4, 0.5) is 5.69 Å². The molecule has 0 aliphatic heterocycles. The highest BCUT2D eigenvalue weighted by Gasteiger charge is 2.37. The first-order valence-electron chi connectivity index (χ1n) is 8.10. The quantitative estimate of drug-likeness (QED) is 0.775. The van der Waals surface area contributed by atoms with Crippen molar-refractivity contribution in [1.29, 1.82) is 0 Å². The Morgan fingerprint density at radius 3 is 2.29 bits per heavy atom. The van der Waals surface area contributed by atoms with Crippen molar-refractivity contribution >= 4 is 23.8 Å². The molecule has 0 aliphatic rings. The van der Waals surface area contributed by atoms with E-state index in [0.29, 0.717) is 25.1 Å². The number of hydrogen-bond acceptors (Lipinski definition) is 4. The van der Waals surface area contributed by atoms with Crippen LogP contribution in [0.3, 0.4) is 0 Å². The second-order valence-corrected chi connectivity index (χ2v) is 7.34. The topological polar surface area (TPSA) is 84.3 Å². The van der Waals surface area contributed by atoms with E-state index in [4.69, 9.17) is 0 Å². The van der Waals surface area contributed by atoms with E-state index in [0.717, 1.165) is 0 Å². The third-order valence-electron chi connectivity index (χ3n) is 4.05. The van der Waals surface area contributed by atoms with Gasteiger partial charge in [-0.15, -0.1) is 0 Å². The average molecular weight is 336 g/mol. The van der Waals surface area contributed by atoms with Crippen LogP contribution in [0.1, 0.15) is 65.4 Å². The molecular formula is C17H28N4O3. The van der Waals surface area contributed by atoms with Gasteiger partial charge in [-0.1, -0.05) is 6.92 Å². The Morgan fingerprint density at radius 2 is 1.88 bits per heavy atom. The first-order valence-corrected chi connectivity index (χ1v) is 8.10. The van der Waals surface area contributed by atoms with Gasteiger partial charge in [0.1, 0.15) is 0 Å². The minimum atomic E-state index is -0.947. The van der Waals surface area contributed by atoms with E-state index < -0.39 is 5.54 Å². The molecular weight excluding hydrogens is 308 g/mol. The molecule has 0 bridgehead atoms. The zero-order chi connectivity index (χ0) is 18.7. The fraction of sp³-hybridized carbons (Fsp3) is 0.647. The van der Waals surface area contributed by atoms with E-state index >= 15 is 0 Å². The number of nitrogens with zero attached hydrogens (tertiary/aromatic N) is 3. The highest BCUT2D eigenvalue weighted by molar-refractivity contribution is 6.02. The fourth-order valence-corrected chi connectivity index (χ4v) is 2.22. The van der Waals surface area contributed by atoms with Gasteiger partial charge in [0.05, 0.1) is 16.8 Å². The molecule has 0 aliphatic carbocycles. The molecule has 0 fully saturated rings. The van der Waals surface area contributed by atoms with Gasteiger partial charge in [0.2, 0.25) is 6.41 Å². The molecule has 1 N–H and O–H groups in total. The van der Waals surface area contributed by atoms with Gasteiger partial charge in [-0.05, 0) is 48.0 Å². The summed E-state index contributed by atoms with van der Waals surface area (Å²) in [7, 11) is 0. The molecule has 1 rings (SSSR count). The number of carbonyl (C=O) groups excluding carboxylic acids is 3. The number of anilines is 1. The Kier molecular flexibility index (Phi) is 5.92. The molecule has 0 atom stereocenters. The number of carbonyl (C=O) groups is 3. The third-order valence-corrected chi connectivity index (χ3v) is 4.05. The second kappa shape index (κ2) is 7.15. The maximum Gasteiger partial charge on any atom is 0.277 e. The molecule has 0 aromatic carbocycles. The number of rotatable bonds is 7. The van der Waals surface area contributed by atoms with Crippen LogP contribution in [0, 0.1) is 0 Å². The zero-order valence-corrected chi connectivity index (χ0v) is 15.6. The summed E-state index contributed by atoms with van der Waals surface area (Å²) in [6.45, 7) is 13.1. The molecule has 0 radical (unpaired) electrons. The Hall–Kier alpha value is -2.18. The fourth-order valence-electron chi connectivity index (χ4n) is 2.22. The number of aromatic nitrogens is 2. The summed E-state index contributed by atoms with van der Waals surface area (Å²) in [5.74, 6) is -0.478. The van der Waals surface area contributed by atoms with Crippen LogP contribution >= 0.6 is 0 Å². The van der Waals surface area contributed by atoms with Crippen molar-refractivity contribution in [2.75, 3.05) is 11.9 Å². The monoisotopic (exact) mass is 336 g/mol. The van der Waals surface area contributed by atoms with Crippen molar-refractivity contribution in [1.82, 2.24) is 14.7 Å². The maximum absolute atomic E-state index is 13.1. The largest absolute Gasteiger partial charge is 0.325 e. The molecule has 0 saturated heterocycles. The number of Topliss-reactive ketones (excluding diaryl/α,β-unsaturated/α-hetero) is 1. The Morgan fingerprint density at radius 1 is 1.29 bits per heavy atom. The van der Waals surface area contributed by atoms with E-state index in [1.54, 1.807) is 24.7 Å². The van der Waals surface area contributed by atoms with E-state index in [-0.39, 0.29) is 22.9 Å². The Bertz CT molecular complexity index is 626. The lowest BCUT2D eigenvalue weighted by atomic mass is 9.96. The van der Waals surface area contributed by atoms with Crippen LogP contribution < -0.4 is 5.32 Å². The highest BCUT2D eigenvalue weighted by atomic mass is 16.2. The lowest BCUT2D eigenvalue weighted by Crippen LogP contribution is -2.52. The molecule has 134 valence electrons. The number of ketones is 1. The van der Waals surface area contributed by atoms with Gasteiger partial charge < -0.3 is 10.2 Å². The average Bonchev–Trinajstić information content (AvgIpc) is 2.88. The smallest absolute Gasteiger partial charge is 0.277 e. The van der Waals surface area contributed by atoms with Crippen LogP contribution in [0.25, 0.3) is 0 Å². The minimum Gasteiger partial charge on any atom is -0.325 e. The molecule has 1 aromatic heterocycles. The lowest BCUT2D eigenvalue weighted by molar-refractivity contribution is -0.125. The zero-order valence-electron chi connectivity index (χ0n) is 15.6. The van der Waals surface area contributed by atoms with E-state index in [1.165, 1.54) is 11.8 Å². The van der Waals surface area contributed by atoms with Gasteiger partial charge in [-0.25, -0.2) is 0 Å². The van der Waals surface area contributed by atoms with Crippen molar-refractivity contribution in [3.8, 4) is 0 Å². The van der Waals surface area contributed by atoms with Crippen LogP contribution in [-0.2, 0) is 15.1 Å². The van der Waals surface area contributed by atoms with Gasteiger partial charge in [0.25, 0.3) is 5.91 Å². The van der Waals surface area contributed by atoms with Crippen LogP contribution in [0.15, 0.2) is 6.20 Å². The number of nitrogens with one attached hydrogen (secondary N) is 1. The lowest BCUT2D eigenvalue weighted by Gasteiger charge is -2.36. The van der Waals surface area contributed by atoms with Gasteiger partial charge in [0, 0.05) is 12.7 Å². The van der Waals surface area contributed by atoms with Crippen molar-refractivity contribution < 1.29 is 14.4 Å². The molecule has 0 spiro atoms. The van der Waals surface area contributed by atoms with Gasteiger partial charge in [-0.2, -0.15) is 5.10 Å². The van der Waals surface area contributed by atoms with Crippen LogP contribution in [-0.4, -0.2) is 44.9 Å². The maximum atomic E-state index is 13.1. The van der Waals surface area contributed by atoms with E-state index in [2.05, 4.69) is 10.4 Å². The summed E-state index contributed by atoms with van der Waals surface area (Å²) in [4.78, 5) is 37.5. The molecule has 0 unspecified atom stereocenters. The number of hydrogen-bond donors (Lipinski definition) is 1. The first kappa shape index (κ1) is 19.9. The van der Waals surface area contributed by atoms with Gasteiger partial charge in [-0.3, -0.25) is 19.1 Å². The van der Waals surface area contributed by atoms with Crippen molar-refractivity contribution in [2.45, 2.75) is 66.0 Å². The van der Waals surface area contributed by atoms with Crippen LogP contribution in [0.5, 0.6) is 0 Å². The summed E-state index contributed by atoms with van der Waals surface area (Å²) in [5.41, 5.74) is -0.814. The number of amides is 2. The molecule has 7 heteroatoms. The standard InChI is InChI=1S/C17H28N4O3/c1-8-9-20(17(6,7)12(2)23)15(24)14-13(18-11-22)10-21(19-14)16(3,4)5/h10-11H,8-9H2,1-7H3,(H,18,22). The molecule has 1 heterocycles. The SMILES string of the molecule is CCCN(C(=O)c1nn(C(C)(C)C)cc1NC=O)C(C)(C)C(C)=O. The Balaban J connectivity index is 3.40. The predicted octanol–water partition coefficient (Wildman–Crippen LogP) is 2.43. The second-order valence-electron chi connectivity index (χ2n) is 7.34.